The number of aryl methyl sites for hydroxylation is 1. The van der Waals surface area contributed by atoms with E-state index in [9.17, 15) is 0 Å². The maximum absolute atomic E-state index is 6.11. The van der Waals surface area contributed by atoms with Gasteiger partial charge in [0.2, 0.25) is 0 Å². The highest BCUT2D eigenvalue weighted by Gasteiger charge is 2.21. The Morgan fingerprint density at radius 2 is 0.946 bits per heavy atom. The molecule has 1 aromatic carbocycles. The molecule has 2 aliphatic carbocycles. The van der Waals surface area contributed by atoms with Gasteiger partial charge in [0.15, 0.2) is 0 Å². The highest BCUT2D eigenvalue weighted by Crippen LogP contribution is 2.35. The second kappa shape index (κ2) is 19.1. The summed E-state index contributed by atoms with van der Waals surface area (Å²) in [6.07, 6.45) is 32.9. The lowest BCUT2D eigenvalue weighted by Gasteiger charge is -2.28. The largest absolute Gasteiger partial charge is 0.494 e. The first-order valence-corrected chi connectivity index (χ1v) is 17.0. The third-order valence-corrected chi connectivity index (χ3v) is 9.90. The van der Waals surface area contributed by atoms with Crippen molar-refractivity contribution < 1.29 is 4.74 Å². The summed E-state index contributed by atoms with van der Waals surface area (Å²) in [5.41, 5.74) is 1.50. The summed E-state index contributed by atoms with van der Waals surface area (Å²) in [6, 6.07) is 9.07. The van der Waals surface area contributed by atoms with Crippen LogP contribution in [0.1, 0.15) is 161 Å². The predicted molar refractivity (Wildman–Crippen MR) is 163 cm³/mol. The molecule has 0 heterocycles. The second-order valence-electron chi connectivity index (χ2n) is 13.0. The van der Waals surface area contributed by atoms with Gasteiger partial charge in [0.25, 0.3) is 0 Å². The maximum atomic E-state index is 6.11. The fourth-order valence-corrected chi connectivity index (χ4v) is 7.20. The minimum atomic E-state index is 0.887. The van der Waals surface area contributed by atoms with Gasteiger partial charge in [-0.25, -0.2) is 0 Å². The molecule has 1 aromatic rings. The van der Waals surface area contributed by atoms with Crippen LogP contribution in [0.3, 0.4) is 0 Å². The van der Waals surface area contributed by atoms with Crippen LogP contribution in [0, 0.1) is 23.7 Å². The number of hydrogen-bond donors (Lipinski definition) is 0. The zero-order chi connectivity index (χ0) is 26.0. The van der Waals surface area contributed by atoms with E-state index < -0.39 is 0 Å². The van der Waals surface area contributed by atoms with Gasteiger partial charge in [-0.15, -0.1) is 0 Å². The number of unbranched alkanes of at least 4 members (excludes halogenated alkanes) is 7. The van der Waals surface area contributed by atoms with E-state index in [0.717, 1.165) is 36.0 Å². The zero-order valence-electron chi connectivity index (χ0n) is 25.0. The molecule has 212 valence electrons. The Kier molecular flexibility index (Phi) is 15.8. The number of benzene rings is 1. The van der Waals surface area contributed by atoms with Gasteiger partial charge in [-0.05, 0) is 67.1 Å². The molecule has 2 fully saturated rings. The van der Waals surface area contributed by atoms with Gasteiger partial charge in [-0.2, -0.15) is 0 Å². The average molecular weight is 511 g/mol. The molecular weight excluding hydrogens is 448 g/mol. The molecule has 0 radical (unpaired) electrons. The molecule has 0 bridgehead atoms. The Balaban J connectivity index is 1.18. The van der Waals surface area contributed by atoms with Crippen molar-refractivity contribution in [3.8, 4) is 5.75 Å². The topological polar surface area (TPSA) is 9.23 Å². The summed E-state index contributed by atoms with van der Waals surface area (Å²) in [7, 11) is 0. The Morgan fingerprint density at radius 3 is 1.46 bits per heavy atom. The molecule has 0 N–H and O–H groups in total. The Morgan fingerprint density at radius 1 is 0.514 bits per heavy atom. The Labute approximate surface area is 231 Å². The molecule has 37 heavy (non-hydrogen) atoms. The van der Waals surface area contributed by atoms with E-state index in [2.05, 4.69) is 38.1 Å². The fraction of sp³-hybridized carbons (Fsp3) is 0.833. The molecule has 3 rings (SSSR count). The zero-order valence-corrected chi connectivity index (χ0v) is 25.0. The SMILES string of the molecule is CCCCCCCC1CCC(CCc2ccc(OCCCC3CCC(CCCCCC)CC3)cc2)CC1. The Bertz CT molecular complexity index is 648. The van der Waals surface area contributed by atoms with E-state index in [1.54, 1.807) is 0 Å². The number of ether oxygens (including phenoxy) is 1. The van der Waals surface area contributed by atoms with Crippen LogP contribution >= 0.6 is 0 Å². The van der Waals surface area contributed by atoms with Crippen molar-refractivity contribution >= 4 is 0 Å². The highest BCUT2D eigenvalue weighted by atomic mass is 16.5. The normalized spacial score (nSPS) is 24.3. The Hall–Kier alpha value is -0.980. The first-order valence-electron chi connectivity index (χ1n) is 17.0. The minimum absolute atomic E-state index is 0.887. The van der Waals surface area contributed by atoms with Crippen LogP contribution < -0.4 is 4.74 Å². The molecule has 1 heteroatoms. The smallest absolute Gasteiger partial charge is 0.119 e. The fourth-order valence-electron chi connectivity index (χ4n) is 7.20. The van der Waals surface area contributed by atoms with Crippen LogP contribution in [0.15, 0.2) is 24.3 Å². The summed E-state index contributed by atoms with van der Waals surface area (Å²) in [4.78, 5) is 0. The molecule has 0 aromatic heterocycles. The van der Waals surface area contributed by atoms with Crippen LogP contribution in [-0.4, -0.2) is 6.61 Å². The van der Waals surface area contributed by atoms with E-state index in [4.69, 9.17) is 4.74 Å². The van der Waals surface area contributed by atoms with E-state index in [1.807, 2.05) is 0 Å². The van der Waals surface area contributed by atoms with Gasteiger partial charge < -0.3 is 4.74 Å². The van der Waals surface area contributed by atoms with Gasteiger partial charge in [0, 0.05) is 0 Å². The molecule has 0 unspecified atom stereocenters. The molecule has 0 atom stereocenters. The first kappa shape index (κ1) is 30.6. The molecule has 0 amide bonds. The van der Waals surface area contributed by atoms with Crippen LogP contribution in [0.25, 0.3) is 0 Å². The van der Waals surface area contributed by atoms with Crippen LogP contribution in [0.2, 0.25) is 0 Å². The summed E-state index contributed by atoms with van der Waals surface area (Å²) >= 11 is 0. The highest BCUT2D eigenvalue weighted by molar-refractivity contribution is 5.27. The lowest BCUT2D eigenvalue weighted by molar-refractivity contribution is 0.228. The lowest BCUT2D eigenvalue weighted by Crippen LogP contribution is -2.15. The minimum Gasteiger partial charge on any atom is -0.494 e. The average Bonchev–Trinajstić information content (AvgIpc) is 2.94. The van der Waals surface area contributed by atoms with Crippen molar-refractivity contribution in [1.82, 2.24) is 0 Å². The van der Waals surface area contributed by atoms with Crippen molar-refractivity contribution in [2.45, 2.75) is 162 Å². The summed E-state index contributed by atoms with van der Waals surface area (Å²) in [5, 5.41) is 0. The van der Waals surface area contributed by atoms with Crippen molar-refractivity contribution in [2.75, 3.05) is 6.61 Å². The van der Waals surface area contributed by atoms with Gasteiger partial charge >= 0.3 is 0 Å². The molecule has 2 saturated carbocycles. The lowest BCUT2D eigenvalue weighted by atomic mass is 9.78. The molecule has 2 aliphatic rings. The van der Waals surface area contributed by atoms with Crippen LogP contribution in [0.4, 0.5) is 0 Å². The van der Waals surface area contributed by atoms with Gasteiger partial charge in [0.1, 0.15) is 5.75 Å². The van der Waals surface area contributed by atoms with Gasteiger partial charge in [-0.3, -0.25) is 0 Å². The molecule has 0 aliphatic heterocycles. The molecule has 1 nitrogen and oxygen atoms in total. The van der Waals surface area contributed by atoms with Crippen LogP contribution in [-0.2, 0) is 6.42 Å². The first-order chi connectivity index (χ1) is 18.3. The summed E-state index contributed by atoms with van der Waals surface area (Å²) in [5.74, 6) is 5.05. The van der Waals surface area contributed by atoms with Crippen molar-refractivity contribution in [2.24, 2.45) is 23.7 Å². The van der Waals surface area contributed by atoms with Gasteiger partial charge in [0.05, 0.1) is 6.61 Å². The monoisotopic (exact) mass is 510 g/mol. The standard InChI is InChI=1S/C36H62O/c1-3-5-7-9-11-14-32-20-22-34(23-21-32)24-25-35-26-28-36(29-27-35)37-30-12-15-33-18-16-31(17-19-33)13-10-8-6-4-2/h26-29,31-34H,3-25,30H2,1-2H3. The number of rotatable bonds is 19. The molecule has 0 saturated heterocycles. The van der Waals surface area contributed by atoms with Crippen molar-refractivity contribution in [1.29, 1.82) is 0 Å². The van der Waals surface area contributed by atoms with Crippen molar-refractivity contribution in [3.05, 3.63) is 29.8 Å². The predicted octanol–water partition coefficient (Wildman–Crippen LogP) is 11.7. The molecular formula is C36H62O. The third-order valence-electron chi connectivity index (χ3n) is 9.90. The number of hydrogen-bond acceptors (Lipinski definition) is 1. The van der Waals surface area contributed by atoms with E-state index in [0.29, 0.717) is 0 Å². The van der Waals surface area contributed by atoms with E-state index >= 15 is 0 Å². The second-order valence-corrected chi connectivity index (χ2v) is 13.0. The third kappa shape index (κ3) is 13.1. The van der Waals surface area contributed by atoms with Crippen LogP contribution in [0.5, 0.6) is 5.75 Å². The van der Waals surface area contributed by atoms with E-state index in [1.165, 1.54) is 153 Å². The quantitative estimate of drug-likeness (QED) is 0.168. The van der Waals surface area contributed by atoms with Gasteiger partial charge in [-0.1, -0.05) is 148 Å². The summed E-state index contributed by atoms with van der Waals surface area (Å²) in [6.45, 7) is 5.51. The van der Waals surface area contributed by atoms with Crippen molar-refractivity contribution in [3.63, 3.8) is 0 Å². The molecule has 0 spiro atoms. The van der Waals surface area contributed by atoms with E-state index in [-0.39, 0.29) is 0 Å². The maximum Gasteiger partial charge on any atom is 0.119 e. The summed E-state index contributed by atoms with van der Waals surface area (Å²) < 4.78 is 6.11.